The Hall–Kier alpha value is -1.66. The van der Waals surface area contributed by atoms with Gasteiger partial charge in [-0.1, -0.05) is 13.0 Å². The average molecular weight is 362 g/mol. The molecule has 0 aliphatic carbocycles. The first-order chi connectivity index (χ1) is 11.9. The molecule has 0 bridgehead atoms. The minimum absolute atomic E-state index is 0.433. The number of piperidine rings is 1. The van der Waals surface area contributed by atoms with Crippen LogP contribution < -0.4 is 9.64 Å². The van der Waals surface area contributed by atoms with Crippen LogP contribution in [0.15, 0.2) is 18.2 Å². The molecular formula is C19H29N4OS+. The van der Waals surface area contributed by atoms with Gasteiger partial charge in [-0.25, -0.2) is 0 Å². The SMILES string of the molecule is Cc1ccc(OCc2nn(C[NH+]3CCC(C)CC3)c(=S)n2C)cc1C. The fourth-order valence-corrected chi connectivity index (χ4v) is 3.46. The third-order valence-electron chi connectivity index (χ3n) is 5.33. The molecule has 1 aliphatic rings. The van der Waals surface area contributed by atoms with E-state index < -0.39 is 0 Å². The second-order valence-electron chi connectivity index (χ2n) is 7.38. The zero-order valence-corrected chi connectivity index (χ0v) is 16.5. The van der Waals surface area contributed by atoms with Crippen molar-refractivity contribution in [1.82, 2.24) is 14.3 Å². The van der Waals surface area contributed by atoms with Crippen LogP contribution in [0.2, 0.25) is 0 Å². The van der Waals surface area contributed by atoms with Crippen LogP contribution in [-0.2, 0) is 20.3 Å². The molecule has 2 aromatic rings. The lowest BCUT2D eigenvalue weighted by molar-refractivity contribution is -0.929. The summed E-state index contributed by atoms with van der Waals surface area (Å²) in [5.74, 6) is 2.59. The highest BCUT2D eigenvalue weighted by Gasteiger charge is 2.20. The largest absolute Gasteiger partial charge is 0.486 e. The number of rotatable bonds is 5. The number of aromatic nitrogens is 3. The molecule has 1 N–H and O–H groups in total. The molecule has 1 aromatic heterocycles. The summed E-state index contributed by atoms with van der Waals surface area (Å²) < 4.78 is 10.6. The van der Waals surface area contributed by atoms with Crippen LogP contribution in [0, 0.1) is 24.5 Å². The molecule has 0 atom stereocenters. The maximum absolute atomic E-state index is 5.93. The molecule has 0 spiro atoms. The molecule has 25 heavy (non-hydrogen) atoms. The van der Waals surface area contributed by atoms with E-state index in [0.29, 0.717) is 6.61 Å². The summed E-state index contributed by atoms with van der Waals surface area (Å²) in [6, 6.07) is 6.16. The first-order valence-corrected chi connectivity index (χ1v) is 9.51. The summed E-state index contributed by atoms with van der Waals surface area (Å²) in [4.78, 5) is 1.56. The zero-order valence-electron chi connectivity index (χ0n) is 15.7. The number of benzene rings is 1. The van der Waals surface area contributed by atoms with E-state index in [2.05, 4.69) is 32.9 Å². The van der Waals surface area contributed by atoms with E-state index >= 15 is 0 Å². The second-order valence-corrected chi connectivity index (χ2v) is 7.75. The lowest BCUT2D eigenvalue weighted by atomic mass is 10.00. The Labute approximate surface area is 155 Å². The second kappa shape index (κ2) is 7.70. The Balaban J connectivity index is 1.66. The van der Waals surface area contributed by atoms with Gasteiger partial charge in [-0.15, -0.1) is 5.10 Å². The van der Waals surface area contributed by atoms with Crippen molar-refractivity contribution in [3.63, 3.8) is 0 Å². The van der Waals surface area contributed by atoms with Crippen LogP contribution in [0.1, 0.15) is 36.7 Å². The highest BCUT2D eigenvalue weighted by Crippen LogP contribution is 2.17. The highest BCUT2D eigenvalue weighted by atomic mass is 32.1. The normalized spacial score (nSPS) is 20.6. The first-order valence-electron chi connectivity index (χ1n) is 9.10. The Morgan fingerprint density at radius 1 is 1.24 bits per heavy atom. The van der Waals surface area contributed by atoms with Crippen molar-refractivity contribution in [2.24, 2.45) is 13.0 Å². The van der Waals surface area contributed by atoms with Gasteiger partial charge in [0.25, 0.3) is 0 Å². The number of quaternary nitrogens is 1. The van der Waals surface area contributed by atoms with Gasteiger partial charge in [-0.05, 0) is 68.1 Å². The van der Waals surface area contributed by atoms with Gasteiger partial charge in [-0.2, -0.15) is 4.68 Å². The third-order valence-corrected chi connectivity index (χ3v) is 5.82. The monoisotopic (exact) mass is 361 g/mol. The van der Waals surface area contributed by atoms with Crippen molar-refractivity contribution in [2.75, 3.05) is 13.1 Å². The summed E-state index contributed by atoms with van der Waals surface area (Å²) >= 11 is 5.57. The van der Waals surface area contributed by atoms with Crippen LogP contribution in [-0.4, -0.2) is 27.4 Å². The first kappa shape index (κ1) is 18.1. The molecule has 0 saturated carbocycles. The van der Waals surface area contributed by atoms with E-state index in [1.54, 1.807) is 4.90 Å². The van der Waals surface area contributed by atoms with E-state index in [1.807, 2.05) is 22.4 Å². The number of nitrogens with one attached hydrogen (secondary N) is 1. The van der Waals surface area contributed by atoms with Crippen molar-refractivity contribution in [1.29, 1.82) is 0 Å². The third kappa shape index (κ3) is 4.30. The minimum atomic E-state index is 0.433. The predicted octanol–water partition coefficient (Wildman–Crippen LogP) is 2.42. The standard InChI is InChI=1S/C19H28N4OS/c1-14-7-9-22(10-8-14)13-23-19(25)21(4)18(20-23)12-24-17-6-5-15(2)16(3)11-17/h5-6,11,14H,7-10,12-13H2,1-4H3/p+1. The van der Waals surface area contributed by atoms with Crippen molar-refractivity contribution in [3.8, 4) is 5.75 Å². The summed E-state index contributed by atoms with van der Waals surface area (Å²) in [5, 5.41) is 4.71. The summed E-state index contributed by atoms with van der Waals surface area (Å²) in [5.41, 5.74) is 2.51. The van der Waals surface area contributed by atoms with Crippen molar-refractivity contribution < 1.29 is 9.64 Å². The smallest absolute Gasteiger partial charge is 0.202 e. The topological polar surface area (TPSA) is 36.4 Å². The molecule has 0 unspecified atom stereocenters. The number of aryl methyl sites for hydroxylation is 2. The molecule has 2 heterocycles. The molecule has 6 heteroatoms. The van der Waals surface area contributed by atoms with Crippen molar-refractivity contribution in [2.45, 2.75) is 46.9 Å². The number of hydrogen-bond donors (Lipinski definition) is 1. The van der Waals surface area contributed by atoms with E-state index in [4.69, 9.17) is 22.1 Å². The summed E-state index contributed by atoms with van der Waals surface area (Å²) in [7, 11) is 1.97. The fourth-order valence-electron chi connectivity index (χ4n) is 3.25. The lowest BCUT2D eigenvalue weighted by Gasteiger charge is -2.26. The Bertz CT molecular complexity index is 787. The molecule has 1 saturated heterocycles. The molecule has 1 fully saturated rings. The molecule has 3 rings (SSSR count). The molecule has 136 valence electrons. The van der Waals surface area contributed by atoms with Gasteiger partial charge in [0.05, 0.1) is 13.1 Å². The quantitative estimate of drug-likeness (QED) is 0.831. The fraction of sp³-hybridized carbons (Fsp3) is 0.579. The maximum atomic E-state index is 5.93. The number of nitrogens with zero attached hydrogens (tertiary/aromatic N) is 3. The van der Waals surface area contributed by atoms with Crippen LogP contribution in [0.4, 0.5) is 0 Å². The molecule has 0 amide bonds. The number of hydrogen-bond acceptors (Lipinski definition) is 3. The molecule has 1 aliphatic heterocycles. The summed E-state index contributed by atoms with van der Waals surface area (Å²) in [6.45, 7) is 10.2. The molecule has 5 nitrogen and oxygen atoms in total. The van der Waals surface area contributed by atoms with Gasteiger partial charge >= 0.3 is 0 Å². The van der Waals surface area contributed by atoms with Gasteiger partial charge in [0.15, 0.2) is 12.5 Å². The Morgan fingerprint density at radius 2 is 1.96 bits per heavy atom. The van der Waals surface area contributed by atoms with E-state index in [9.17, 15) is 0 Å². The van der Waals surface area contributed by atoms with Crippen molar-refractivity contribution in [3.05, 3.63) is 39.9 Å². The Kier molecular flexibility index (Phi) is 5.59. The number of ether oxygens (including phenoxy) is 1. The van der Waals surface area contributed by atoms with Crippen LogP contribution >= 0.6 is 12.2 Å². The van der Waals surface area contributed by atoms with Gasteiger partial charge in [0, 0.05) is 7.05 Å². The van der Waals surface area contributed by atoms with Crippen LogP contribution in [0.3, 0.4) is 0 Å². The van der Waals surface area contributed by atoms with Crippen LogP contribution in [0.25, 0.3) is 0 Å². The predicted molar refractivity (Wildman–Crippen MR) is 101 cm³/mol. The van der Waals surface area contributed by atoms with Crippen LogP contribution in [0.5, 0.6) is 5.75 Å². The molecular weight excluding hydrogens is 332 g/mol. The van der Waals surface area contributed by atoms with Crippen molar-refractivity contribution >= 4 is 12.2 Å². The van der Waals surface area contributed by atoms with Gasteiger partial charge in [0.2, 0.25) is 4.77 Å². The number of likely N-dealkylation sites (tertiary alicyclic amines) is 1. The average Bonchev–Trinajstić information content (AvgIpc) is 2.86. The molecule has 0 radical (unpaired) electrons. The minimum Gasteiger partial charge on any atom is -0.486 e. The van der Waals surface area contributed by atoms with Gasteiger partial charge < -0.3 is 14.2 Å². The van der Waals surface area contributed by atoms with E-state index in [1.165, 1.54) is 37.1 Å². The van der Waals surface area contributed by atoms with Gasteiger partial charge in [-0.3, -0.25) is 0 Å². The van der Waals surface area contributed by atoms with E-state index in [-0.39, 0.29) is 0 Å². The molecule has 1 aromatic carbocycles. The lowest BCUT2D eigenvalue weighted by Crippen LogP contribution is -3.12. The van der Waals surface area contributed by atoms with E-state index in [0.717, 1.165) is 28.9 Å². The maximum Gasteiger partial charge on any atom is 0.202 e. The summed E-state index contributed by atoms with van der Waals surface area (Å²) in [6.07, 6.45) is 2.58. The highest BCUT2D eigenvalue weighted by molar-refractivity contribution is 7.71. The Morgan fingerprint density at radius 3 is 2.64 bits per heavy atom. The zero-order chi connectivity index (χ0) is 18.0. The van der Waals surface area contributed by atoms with Gasteiger partial charge in [0.1, 0.15) is 12.4 Å².